The first-order valence-corrected chi connectivity index (χ1v) is 8.52. The first-order valence-electron chi connectivity index (χ1n) is 4.50. The number of halogens is 1. The lowest BCUT2D eigenvalue weighted by molar-refractivity contribution is 0.0697. The molecule has 16 heavy (non-hydrogen) atoms. The summed E-state index contributed by atoms with van der Waals surface area (Å²) in [4.78, 5) is 10.8. The van der Waals surface area contributed by atoms with Crippen molar-refractivity contribution in [1.29, 1.82) is 0 Å². The number of fused-ring (bicyclic) bond motifs is 1. The van der Waals surface area contributed by atoms with Crippen molar-refractivity contribution < 1.29 is 14.4 Å². The molecule has 0 radical (unpaired) electrons. The minimum atomic E-state index is -0.907. The van der Waals surface area contributed by atoms with E-state index in [9.17, 15) is 4.79 Å². The molecule has 0 fully saturated rings. The third kappa shape index (κ3) is 2.44. The van der Waals surface area contributed by atoms with E-state index >= 15 is 0 Å². The van der Waals surface area contributed by atoms with Crippen LogP contribution in [-0.4, -0.2) is 11.1 Å². The zero-order chi connectivity index (χ0) is 11.5. The van der Waals surface area contributed by atoms with Gasteiger partial charge in [0.05, 0.1) is 5.56 Å². The molecule has 0 aliphatic carbocycles. The van der Waals surface area contributed by atoms with Gasteiger partial charge in [0, 0.05) is 0 Å². The maximum absolute atomic E-state index is 10.8. The largest absolute Gasteiger partial charge is 0.478 e. The maximum atomic E-state index is 10.8. The summed E-state index contributed by atoms with van der Waals surface area (Å²) in [6, 6.07) is 10.7. The normalized spacial score (nSPS) is 11.1. The van der Waals surface area contributed by atoms with E-state index in [4.69, 9.17) is 9.63 Å². The van der Waals surface area contributed by atoms with Gasteiger partial charge in [0.15, 0.2) is 0 Å². The van der Waals surface area contributed by atoms with Gasteiger partial charge in [-0.05, 0) is 57.1 Å². The number of hydrogen-bond donors (Lipinski definition) is 1. The summed E-state index contributed by atoms with van der Waals surface area (Å²) in [5.74, 6) is -0.0979. The molecule has 1 N–H and O–H groups in total. The average molecular weight is 346 g/mol. The number of rotatable bonds is 3. The summed E-state index contributed by atoms with van der Waals surface area (Å²) in [6.07, 6.45) is 0. The molecule has 0 spiro atoms. The van der Waals surface area contributed by atoms with Gasteiger partial charge in [0.25, 0.3) is 0 Å². The molecule has 2 aromatic carbocycles. The highest BCUT2D eigenvalue weighted by molar-refractivity contribution is 14.2. The van der Waals surface area contributed by atoms with E-state index in [0.29, 0.717) is 12.0 Å². The molecule has 1 unspecified atom stereocenters. The molecule has 82 valence electrons. The SMILES string of the molecule is O=C(O)c1ccc2cc(OPI)ccc2c1. The fourth-order valence-corrected chi connectivity index (χ4v) is 2.44. The van der Waals surface area contributed by atoms with E-state index in [0.717, 1.165) is 16.5 Å². The van der Waals surface area contributed by atoms with E-state index in [1.165, 1.54) is 0 Å². The summed E-state index contributed by atoms with van der Waals surface area (Å²) in [5.41, 5.74) is 0.303. The van der Waals surface area contributed by atoms with Crippen molar-refractivity contribution in [3.05, 3.63) is 42.0 Å². The molecule has 0 saturated carbocycles. The van der Waals surface area contributed by atoms with E-state index in [-0.39, 0.29) is 0 Å². The van der Waals surface area contributed by atoms with Crippen LogP contribution in [0.3, 0.4) is 0 Å². The predicted molar refractivity (Wildman–Crippen MR) is 73.9 cm³/mol. The van der Waals surface area contributed by atoms with Crippen molar-refractivity contribution >= 4 is 45.2 Å². The Morgan fingerprint density at radius 2 is 1.88 bits per heavy atom. The molecule has 0 aliphatic rings. The number of aromatic carboxylic acids is 1. The van der Waals surface area contributed by atoms with Crippen LogP contribution in [0, 0.1) is 0 Å². The van der Waals surface area contributed by atoms with Crippen molar-refractivity contribution in [2.75, 3.05) is 0 Å². The van der Waals surface area contributed by atoms with Crippen molar-refractivity contribution in [2.24, 2.45) is 0 Å². The Bertz CT molecular complexity index is 542. The summed E-state index contributed by atoms with van der Waals surface area (Å²) >= 11 is 2.16. The fourth-order valence-electron chi connectivity index (χ4n) is 1.46. The van der Waals surface area contributed by atoms with Crippen LogP contribution in [0.5, 0.6) is 5.75 Å². The molecule has 0 aliphatic heterocycles. The lowest BCUT2D eigenvalue weighted by Gasteiger charge is -2.04. The van der Waals surface area contributed by atoms with Gasteiger partial charge < -0.3 is 9.63 Å². The summed E-state index contributed by atoms with van der Waals surface area (Å²) in [6.45, 7) is 0.376. The van der Waals surface area contributed by atoms with Gasteiger partial charge in [0.1, 0.15) is 12.2 Å². The lowest BCUT2D eigenvalue weighted by atomic mass is 10.1. The Morgan fingerprint density at radius 3 is 2.56 bits per heavy atom. The molecule has 2 rings (SSSR count). The van der Waals surface area contributed by atoms with Crippen LogP contribution in [0.25, 0.3) is 10.8 Å². The minimum Gasteiger partial charge on any atom is -0.478 e. The number of hydrogen-bond acceptors (Lipinski definition) is 2. The Balaban J connectivity index is 2.48. The van der Waals surface area contributed by atoms with Crippen LogP contribution < -0.4 is 4.52 Å². The zero-order valence-electron chi connectivity index (χ0n) is 8.11. The van der Waals surface area contributed by atoms with Crippen LogP contribution >= 0.6 is 28.5 Å². The third-order valence-corrected chi connectivity index (χ3v) is 3.19. The molecule has 2 aromatic rings. The highest BCUT2D eigenvalue weighted by atomic mass is 127. The van der Waals surface area contributed by atoms with Crippen LogP contribution in [-0.2, 0) is 0 Å². The van der Waals surface area contributed by atoms with Gasteiger partial charge in [-0.2, -0.15) is 0 Å². The number of benzene rings is 2. The topological polar surface area (TPSA) is 46.5 Å². The molecule has 0 bridgehead atoms. The maximum Gasteiger partial charge on any atom is 0.335 e. The average Bonchev–Trinajstić information content (AvgIpc) is 2.28. The highest BCUT2D eigenvalue weighted by Crippen LogP contribution is 2.29. The van der Waals surface area contributed by atoms with Crippen molar-refractivity contribution in [3.63, 3.8) is 0 Å². The fraction of sp³-hybridized carbons (Fsp3) is 0. The molecule has 0 aromatic heterocycles. The Hall–Kier alpha value is -0.870. The van der Waals surface area contributed by atoms with E-state index in [1.807, 2.05) is 18.2 Å². The lowest BCUT2D eigenvalue weighted by Crippen LogP contribution is -1.95. The van der Waals surface area contributed by atoms with Gasteiger partial charge in [-0.15, -0.1) is 0 Å². The smallest absolute Gasteiger partial charge is 0.335 e. The quantitative estimate of drug-likeness (QED) is 0.678. The van der Waals surface area contributed by atoms with Crippen molar-refractivity contribution in [3.8, 4) is 5.75 Å². The second-order valence-corrected chi connectivity index (χ2v) is 4.89. The van der Waals surface area contributed by atoms with E-state index in [1.54, 1.807) is 18.2 Å². The zero-order valence-corrected chi connectivity index (χ0v) is 11.3. The molecule has 1 atom stereocenters. The molecule has 5 heteroatoms. The predicted octanol–water partition coefficient (Wildman–Crippen LogP) is 3.86. The van der Waals surface area contributed by atoms with E-state index < -0.39 is 5.97 Å². The first-order chi connectivity index (χ1) is 7.70. The van der Waals surface area contributed by atoms with Gasteiger partial charge in [-0.25, -0.2) is 4.79 Å². The Kier molecular flexibility index (Phi) is 3.61. The van der Waals surface area contributed by atoms with Gasteiger partial charge in [-0.1, -0.05) is 12.1 Å². The summed E-state index contributed by atoms with van der Waals surface area (Å²) in [5, 5.41) is 10.7. The van der Waals surface area contributed by atoms with Crippen LogP contribution in [0.4, 0.5) is 0 Å². The van der Waals surface area contributed by atoms with Crippen LogP contribution in [0.2, 0.25) is 0 Å². The Morgan fingerprint density at radius 1 is 1.19 bits per heavy atom. The highest BCUT2D eigenvalue weighted by Gasteiger charge is 2.04. The summed E-state index contributed by atoms with van der Waals surface area (Å²) in [7, 11) is 0. The molecule has 3 nitrogen and oxygen atoms in total. The van der Waals surface area contributed by atoms with Crippen molar-refractivity contribution in [2.45, 2.75) is 0 Å². The molecule has 0 amide bonds. The monoisotopic (exact) mass is 346 g/mol. The second-order valence-electron chi connectivity index (χ2n) is 3.21. The first kappa shape index (κ1) is 11.6. The standard InChI is InChI=1S/C11H8IO3P/c12-16-15-10-4-3-7-5-9(11(13)14)2-1-8(7)6-10/h1-6,16H,(H,13,14). The minimum absolute atomic E-state index is 0.303. The van der Waals surface area contributed by atoms with Gasteiger partial charge >= 0.3 is 5.97 Å². The summed E-state index contributed by atoms with van der Waals surface area (Å²) < 4.78 is 5.39. The number of carboxylic acids is 1. The molecular formula is C11H8IO3P. The van der Waals surface area contributed by atoms with Gasteiger partial charge in [-0.3, -0.25) is 0 Å². The van der Waals surface area contributed by atoms with Crippen molar-refractivity contribution in [1.82, 2.24) is 0 Å². The molecule has 0 saturated heterocycles. The number of carbonyl (C=O) groups is 1. The van der Waals surface area contributed by atoms with Crippen LogP contribution in [0.1, 0.15) is 10.4 Å². The number of carboxylic acid groups (broad SMARTS) is 1. The third-order valence-electron chi connectivity index (χ3n) is 2.22. The Labute approximate surface area is 107 Å². The van der Waals surface area contributed by atoms with Gasteiger partial charge in [0.2, 0.25) is 0 Å². The van der Waals surface area contributed by atoms with E-state index in [2.05, 4.69) is 22.0 Å². The van der Waals surface area contributed by atoms with Crippen LogP contribution in [0.15, 0.2) is 36.4 Å². The molecular weight excluding hydrogens is 338 g/mol. The molecule has 0 heterocycles. The second kappa shape index (κ2) is 4.97.